The highest BCUT2D eigenvalue weighted by molar-refractivity contribution is 5.07. The minimum atomic E-state index is -0.0930. The van der Waals surface area contributed by atoms with E-state index >= 15 is 0 Å². The number of unbranched alkanes of at least 4 members (excludes halogenated alkanes) is 2. The van der Waals surface area contributed by atoms with E-state index in [1.54, 1.807) is 0 Å². The highest BCUT2D eigenvalue weighted by Crippen LogP contribution is 2.65. The zero-order valence-corrected chi connectivity index (χ0v) is 28.8. The van der Waals surface area contributed by atoms with Gasteiger partial charge in [0.2, 0.25) is 0 Å². The van der Waals surface area contributed by atoms with Gasteiger partial charge in [-0.1, -0.05) is 53.9 Å². The quantitative estimate of drug-likeness (QED) is 0.0857. The Balaban J connectivity index is 1.39. The fourth-order valence-electron chi connectivity index (χ4n) is 9.83. The fraction of sp³-hybridized carbons (Fsp3) is 1.00. The van der Waals surface area contributed by atoms with Gasteiger partial charge in [0, 0.05) is 6.04 Å². The molecule has 3 fully saturated rings. The van der Waals surface area contributed by atoms with Crippen molar-refractivity contribution in [2.45, 2.75) is 156 Å². The summed E-state index contributed by atoms with van der Waals surface area (Å²) in [5, 5.41) is 22.2. The predicted molar refractivity (Wildman–Crippen MR) is 182 cm³/mol. The second kappa shape index (κ2) is 18.7. The number of nitrogens with two attached hydrogens (primary N) is 1. The fourth-order valence-corrected chi connectivity index (χ4v) is 9.83. The normalized spacial score (nSPS) is 33.6. The lowest BCUT2D eigenvalue weighted by Gasteiger charge is -2.58. The number of nitrogens with one attached hydrogen (secondary N) is 3. The first kappa shape index (κ1) is 36.3. The third-order valence-electron chi connectivity index (χ3n) is 12.4. The van der Waals surface area contributed by atoms with Gasteiger partial charge in [0.05, 0.1) is 6.10 Å². The second-order valence-electron chi connectivity index (χ2n) is 15.9. The van der Waals surface area contributed by atoms with Crippen molar-refractivity contribution < 1.29 is 5.11 Å². The zero-order valence-electron chi connectivity index (χ0n) is 28.8. The molecule has 248 valence electrons. The van der Waals surface area contributed by atoms with E-state index in [0.717, 1.165) is 88.1 Å². The Morgan fingerprint density at radius 2 is 1.55 bits per heavy atom. The van der Waals surface area contributed by atoms with Gasteiger partial charge in [-0.3, -0.25) is 0 Å². The highest BCUT2D eigenvalue weighted by atomic mass is 16.3. The van der Waals surface area contributed by atoms with E-state index in [-0.39, 0.29) is 6.10 Å². The summed E-state index contributed by atoms with van der Waals surface area (Å²) in [5.74, 6) is 4.18. The molecule has 0 aliphatic heterocycles. The van der Waals surface area contributed by atoms with Crippen molar-refractivity contribution in [1.82, 2.24) is 16.0 Å². The molecule has 3 saturated carbocycles. The Morgan fingerprint density at radius 3 is 2.24 bits per heavy atom. The first-order valence-corrected chi connectivity index (χ1v) is 18.8. The Bertz CT molecular complexity index is 718. The lowest BCUT2D eigenvalue weighted by molar-refractivity contribution is -0.110. The molecule has 3 aliphatic carbocycles. The number of aliphatic hydroxyl groups excluding tert-OH is 1. The maximum Gasteiger partial charge on any atom is 0.0548 e. The maximum atomic E-state index is 11.2. The van der Waals surface area contributed by atoms with Crippen LogP contribution >= 0.6 is 0 Å². The largest absolute Gasteiger partial charge is 0.393 e. The van der Waals surface area contributed by atoms with Gasteiger partial charge in [0.15, 0.2) is 0 Å². The van der Waals surface area contributed by atoms with Crippen LogP contribution in [0.15, 0.2) is 0 Å². The number of aliphatic hydroxyl groups is 1. The zero-order chi connectivity index (χ0) is 30.4. The summed E-state index contributed by atoms with van der Waals surface area (Å²) < 4.78 is 0. The SMILES string of the molecule is CCC(CCC1(C)CC(O)CC2C1CCC1(C)C(CCCCC(C)C)CCC21)NCCCNCCCCNCCCN. The van der Waals surface area contributed by atoms with Crippen LogP contribution in [0.5, 0.6) is 0 Å². The smallest absolute Gasteiger partial charge is 0.0548 e. The van der Waals surface area contributed by atoms with E-state index in [1.165, 1.54) is 89.9 Å². The summed E-state index contributed by atoms with van der Waals surface area (Å²) in [6, 6.07) is 0.606. The summed E-state index contributed by atoms with van der Waals surface area (Å²) >= 11 is 0. The average Bonchev–Trinajstić information content (AvgIpc) is 3.29. The van der Waals surface area contributed by atoms with Crippen LogP contribution in [0.2, 0.25) is 0 Å². The van der Waals surface area contributed by atoms with Gasteiger partial charge in [-0.2, -0.15) is 0 Å². The first-order chi connectivity index (χ1) is 20.2. The van der Waals surface area contributed by atoms with E-state index in [2.05, 4.69) is 50.6 Å². The van der Waals surface area contributed by atoms with Crippen LogP contribution in [0, 0.1) is 40.4 Å². The monoisotopic (exact) mass is 591 g/mol. The molecule has 42 heavy (non-hydrogen) atoms. The van der Waals surface area contributed by atoms with Crippen molar-refractivity contribution >= 4 is 0 Å². The van der Waals surface area contributed by atoms with Crippen molar-refractivity contribution in [3.8, 4) is 0 Å². The molecule has 3 aliphatic rings. The van der Waals surface area contributed by atoms with E-state index in [4.69, 9.17) is 5.73 Å². The molecular formula is C37H74N4O. The standard InChI is InChI=1S/C37H74N4O/c1-6-31(41-26-12-25-40-23-10-9-22-39-24-11-21-38)17-19-36(4)28-32(42)27-33-34(36)18-20-37(5)30(15-16-35(33)37)14-8-7-13-29(2)3/h29-35,39-42H,6-28,38H2,1-5H3. The molecule has 3 rings (SSSR count). The van der Waals surface area contributed by atoms with Crippen molar-refractivity contribution in [1.29, 1.82) is 0 Å². The summed E-state index contributed by atoms with van der Waals surface area (Å²) in [4.78, 5) is 0. The lowest BCUT2D eigenvalue weighted by Crippen LogP contribution is -2.52. The molecule has 0 bridgehead atoms. The van der Waals surface area contributed by atoms with Crippen LogP contribution in [-0.2, 0) is 0 Å². The minimum Gasteiger partial charge on any atom is -0.393 e. The molecule has 0 heterocycles. The van der Waals surface area contributed by atoms with Crippen molar-refractivity contribution in [3.63, 3.8) is 0 Å². The van der Waals surface area contributed by atoms with E-state index in [9.17, 15) is 5.11 Å². The molecule has 5 nitrogen and oxygen atoms in total. The van der Waals surface area contributed by atoms with Gasteiger partial charge in [-0.05, 0) is 170 Å². The van der Waals surface area contributed by atoms with Crippen LogP contribution in [0.4, 0.5) is 0 Å². The van der Waals surface area contributed by atoms with Crippen LogP contribution in [0.3, 0.4) is 0 Å². The number of hydrogen-bond donors (Lipinski definition) is 5. The Morgan fingerprint density at radius 1 is 0.833 bits per heavy atom. The second-order valence-corrected chi connectivity index (χ2v) is 15.9. The molecule has 0 aromatic carbocycles. The molecule has 5 heteroatoms. The summed E-state index contributed by atoms with van der Waals surface area (Å²) in [6.07, 6.45) is 21.9. The summed E-state index contributed by atoms with van der Waals surface area (Å²) in [7, 11) is 0. The van der Waals surface area contributed by atoms with Gasteiger partial charge in [0.1, 0.15) is 0 Å². The molecule has 0 radical (unpaired) electrons. The summed E-state index contributed by atoms with van der Waals surface area (Å²) in [5.41, 5.74) is 6.37. The summed E-state index contributed by atoms with van der Waals surface area (Å²) in [6.45, 7) is 18.6. The maximum absolute atomic E-state index is 11.2. The lowest BCUT2D eigenvalue weighted by atomic mass is 9.48. The topological polar surface area (TPSA) is 82.3 Å². The van der Waals surface area contributed by atoms with E-state index < -0.39 is 0 Å². The van der Waals surface area contributed by atoms with Gasteiger partial charge in [-0.15, -0.1) is 0 Å². The average molecular weight is 591 g/mol. The predicted octanol–water partition coefficient (Wildman–Crippen LogP) is 7.27. The van der Waals surface area contributed by atoms with Gasteiger partial charge >= 0.3 is 0 Å². The molecular weight excluding hydrogens is 516 g/mol. The first-order valence-electron chi connectivity index (χ1n) is 18.8. The molecule has 8 unspecified atom stereocenters. The molecule has 0 aromatic heterocycles. The Kier molecular flexibility index (Phi) is 16.1. The van der Waals surface area contributed by atoms with Crippen LogP contribution in [0.25, 0.3) is 0 Å². The molecule has 8 atom stereocenters. The van der Waals surface area contributed by atoms with Crippen LogP contribution < -0.4 is 21.7 Å². The number of fused-ring (bicyclic) bond motifs is 3. The molecule has 0 saturated heterocycles. The molecule has 0 spiro atoms. The Hall–Kier alpha value is -0.200. The van der Waals surface area contributed by atoms with Gasteiger partial charge in [0.25, 0.3) is 0 Å². The van der Waals surface area contributed by atoms with Crippen molar-refractivity contribution in [2.75, 3.05) is 39.3 Å². The molecule has 6 N–H and O–H groups in total. The van der Waals surface area contributed by atoms with Crippen LogP contribution in [0.1, 0.15) is 144 Å². The molecule has 0 amide bonds. The minimum absolute atomic E-state index is 0.0930. The van der Waals surface area contributed by atoms with Crippen LogP contribution in [-0.4, -0.2) is 56.5 Å². The number of hydrogen-bond acceptors (Lipinski definition) is 5. The van der Waals surface area contributed by atoms with Gasteiger partial charge in [-0.25, -0.2) is 0 Å². The van der Waals surface area contributed by atoms with Crippen molar-refractivity contribution in [2.24, 2.45) is 46.2 Å². The Labute approximate surface area is 262 Å². The third kappa shape index (κ3) is 10.7. The highest BCUT2D eigenvalue weighted by Gasteiger charge is 2.58. The van der Waals surface area contributed by atoms with E-state index in [0.29, 0.717) is 16.9 Å². The molecule has 0 aromatic rings. The van der Waals surface area contributed by atoms with Gasteiger partial charge < -0.3 is 26.8 Å². The third-order valence-corrected chi connectivity index (χ3v) is 12.4. The van der Waals surface area contributed by atoms with Crippen molar-refractivity contribution in [3.05, 3.63) is 0 Å². The number of rotatable bonds is 22. The van der Waals surface area contributed by atoms with E-state index in [1.807, 2.05) is 0 Å².